The molecule has 1 aliphatic rings. The molecule has 3 amide bonds. The van der Waals surface area contributed by atoms with Gasteiger partial charge in [-0.15, -0.1) is 0 Å². The summed E-state index contributed by atoms with van der Waals surface area (Å²) in [5, 5.41) is 2.62. The molecule has 4 rings (SSSR count). The molecule has 0 saturated carbocycles. The molecule has 0 unspecified atom stereocenters. The fraction of sp³-hybridized carbons (Fsp3) is 0.355. The summed E-state index contributed by atoms with van der Waals surface area (Å²) in [6.45, 7) is 2.77. The molecule has 0 aromatic heterocycles. The zero-order valence-corrected chi connectivity index (χ0v) is 24.7. The summed E-state index contributed by atoms with van der Waals surface area (Å²) < 4.78 is 47.4. The minimum Gasteiger partial charge on any atom is -0.497 e. The summed E-state index contributed by atoms with van der Waals surface area (Å²) in [4.78, 5) is 30.2. The van der Waals surface area contributed by atoms with Crippen molar-refractivity contribution in [2.75, 3.05) is 38.6 Å². The number of likely N-dealkylation sites (tertiary alicyclic amines) is 1. The van der Waals surface area contributed by atoms with E-state index in [9.17, 15) is 22.4 Å². The Kier molecular flexibility index (Phi) is 10.5. The highest BCUT2D eigenvalue weighted by molar-refractivity contribution is 7.89. The van der Waals surface area contributed by atoms with Crippen molar-refractivity contribution in [2.24, 2.45) is 0 Å². The molecule has 1 heterocycles. The average molecular weight is 597 g/mol. The zero-order chi connectivity index (χ0) is 30.1. The van der Waals surface area contributed by atoms with E-state index in [4.69, 9.17) is 4.74 Å². The molecule has 1 fully saturated rings. The summed E-state index contributed by atoms with van der Waals surface area (Å²) in [5.41, 5.74) is 0.980. The number of carbonyl (C=O) groups is 2. The van der Waals surface area contributed by atoms with Crippen molar-refractivity contribution in [1.82, 2.24) is 14.1 Å². The molecule has 0 atom stereocenters. The number of ether oxygens (including phenoxy) is 1. The maximum Gasteiger partial charge on any atom is 0.321 e. The number of hydrogen-bond donors (Lipinski definition) is 1. The lowest BCUT2D eigenvalue weighted by atomic mass is 10.0. The highest BCUT2D eigenvalue weighted by Gasteiger charge is 2.33. The van der Waals surface area contributed by atoms with Crippen molar-refractivity contribution in [2.45, 2.75) is 43.7 Å². The monoisotopic (exact) mass is 596 g/mol. The number of hydrogen-bond acceptors (Lipinski definition) is 5. The number of amides is 3. The van der Waals surface area contributed by atoms with E-state index in [2.05, 4.69) is 5.32 Å². The predicted molar refractivity (Wildman–Crippen MR) is 159 cm³/mol. The van der Waals surface area contributed by atoms with Crippen LogP contribution in [0.3, 0.4) is 0 Å². The number of anilines is 1. The summed E-state index contributed by atoms with van der Waals surface area (Å²) in [7, 11) is -2.30. The third-order valence-electron chi connectivity index (χ3n) is 7.31. The van der Waals surface area contributed by atoms with Crippen LogP contribution in [0.2, 0.25) is 0 Å². The Morgan fingerprint density at radius 3 is 2.24 bits per heavy atom. The van der Waals surface area contributed by atoms with E-state index in [0.717, 1.165) is 5.56 Å². The Morgan fingerprint density at radius 1 is 0.976 bits per heavy atom. The first kappa shape index (κ1) is 31.0. The standard InChI is InChI=1S/C31H37FN4O5S/c1-3-19-35(42(39,40)27-9-5-4-6-10-27)23-30(37)36(22-24-13-15-26(41-2)16-14-24)25-17-20-34(21-18-25)31(38)33-29-12-8-7-11-28(29)32/h4-16,25H,3,17-23H2,1-2H3,(H,33,38). The topological polar surface area (TPSA) is 99.3 Å². The SMILES string of the molecule is CCCN(CC(=O)N(Cc1ccc(OC)cc1)C1CCN(C(=O)Nc2ccccc2F)CC1)S(=O)(=O)c1ccccc1. The van der Waals surface area contributed by atoms with Gasteiger partial charge in [0.15, 0.2) is 0 Å². The van der Waals surface area contributed by atoms with E-state index in [1.807, 2.05) is 31.2 Å². The highest BCUT2D eigenvalue weighted by atomic mass is 32.2. The van der Waals surface area contributed by atoms with Crippen LogP contribution in [0.25, 0.3) is 0 Å². The van der Waals surface area contributed by atoms with Crippen molar-refractivity contribution >= 4 is 27.6 Å². The van der Waals surface area contributed by atoms with Gasteiger partial charge in [-0.25, -0.2) is 17.6 Å². The van der Waals surface area contributed by atoms with Crippen LogP contribution < -0.4 is 10.1 Å². The van der Waals surface area contributed by atoms with Crippen LogP contribution in [0.15, 0.2) is 83.8 Å². The Morgan fingerprint density at radius 2 is 1.62 bits per heavy atom. The van der Waals surface area contributed by atoms with E-state index in [-0.39, 0.29) is 42.2 Å². The van der Waals surface area contributed by atoms with Crippen molar-refractivity contribution in [1.29, 1.82) is 0 Å². The van der Waals surface area contributed by atoms with Crippen LogP contribution in [0.5, 0.6) is 5.75 Å². The maximum atomic E-state index is 14.0. The number of benzene rings is 3. The number of piperidine rings is 1. The number of halogens is 1. The van der Waals surface area contributed by atoms with E-state index in [1.165, 1.54) is 28.6 Å². The van der Waals surface area contributed by atoms with Gasteiger partial charge in [0.05, 0.1) is 24.2 Å². The second-order valence-electron chi connectivity index (χ2n) is 10.1. The molecule has 9 nitrogen and oxygen atoms in total. The van der Waals surface area contributed by atoms with E-state index < -0.39 is 21.9 Å². The van der Waals surface area contributed by atoms with Gasteiger partial charge in [-0.1, -0.05) is 49.4 Å². The summed E-state index contributed by atoms with van der Waals surface area (Å²) in [6, 6.07) is 20.9. The molecule has 224 valence electrons. The average Bonchev–Trinajstić information content (AvgIpc) is 3.01. The van der Waals surface area contributed by atoms with Crippen molar-refractivity contribution in [3.05, 3.63) is 90.2 Å². The number of methoxy groups -OCH3 is 1. The minimum absolute atomic E-state index is 0.108. The van der Waals surface area contributed by atoms with Gasteiger partial charge in [0, 0.05) is 32.2 Å². The number of nitrogens with one attached hydrogen (secondary N) is 1. The van der Waals surface area contributed by atoms with Crippen LogP contribution in [-0.4, -0.2) is 73.8 Å². The summed E-state index contributed by atoms with van der Waals surface area (Å²) >= 11 is 0. The maximum absolute atomic E-state index is 14.0. The first-order valence-electron chi connectivity index (χ1n) is 14.0. The third-order valence-corrected chi connectivity index (χ3v) is 9.17. The number of carbonyl (C=O) groups excluding carboxylic acids is 2. The second-order valence-corrected chi connectivity index (χ2v) is 12.1. The molecule has 1 saturated heterocycles. The third kappa shape index (κ3) is 7.65. The van der Waals surface area contributed by atoms with Gasteiger partial charge >= 0.3 is 6.03 Å². The number of para-hydroxylation sites is 1. The van der Waals surface area contributed by atoms with E-state index in [1.54, 1.807) is 47.2 Å². The van der Waals surface area contributed by atoms with Crippen LogP contribution >= 0.6 is 0 Å². The van der Waals surface area contributed by atoms with Gasteiger partial charge in [-0.05, 0) is 61.2 Å². The number of urea groups is 1. The lowest BCUT2D eigenvalue weighted by molar-refractivity contribution is -0.135. The van der Waals surface area contributed by atoms with Crippen LogP contribution in [0.4, 0.5) is 14.9 Å². The van der Waals surface area contributed by atoms with Gasteiger partial charge in [-0.2, -0.15) is 4.31 Å². The van der Waals surface area contributed by atoms with Gasteiger partial charge in [0.25, 0.3) is 0 Å². The second kappa shape index (κ2) is 14.3. The zero-order valence-electron chi connectivity index (χ0n) is 23.9. The molecular weight excluding hydrogens is 559 g/mol. The fourth-order valence-electron chi connectivity index (χ4n) is 5.00. The molecule has 0 radical (unpaired) electrons. The Bertz CT molecular complexity index is 1450. The lowest BCUT2D eigenvalue weighted by Crippen LogP contribution is -2.52. The number of nitrogens with zero attached hydrogens (tertiary/aromatic N) is 3. The first-order chi connectivity index (χ1) is 20.2. The Balaban J connectivity index is 1.51. The Labute approximate surface area is 246 Å². The normalized spacial score (nSPS) is 14.0. The quantitative estimate of drug-likeness (QED) is 0.337. The van der Waals surface area contributed by atoms with Crippen molar-refractivity contribution in [3.63, 3.8) is 0 Å². The number of sulfonamides is 1. The van der Waals surface area contributed by atoms with Crippen LogP contribution in [-0.2, 0) is 21.4 Å². The molecule has 11 heteroatoms. The highest BCUT2D eigenvalue weighted by Crippen LogP contribution is 2.24. The Hall–Kier alpha value is -3.96. The largest absolute Gasteiger partial charge is 0.497 e. The smallest absolute Gasteiger partial charge is 0.321 e. The van der Waals surface area contributed by atoms with Crippen molar-refractivity contribution in [3.8, 4) is 5.75 Å². The van der Waals surface area contributed by atoms with Crippen molar-refractivity contribution < 1.29 is 27.1 Å². The minimum atomic E-state index is -3.88. The fourth-order valence-corrected chi connectivity index (χ4v) is 6.51. The summed E-state index contributed by atoms with van der Waals surface area (Å²) in [5.74, 6) is -0.138. The molecule has 1 aliphatic heterocycles. The molecule has 0 aliphatic carbocycles. The van der Waals surface area contributed by atoms with Gasteiger partial charge in [0.1, 0.15) is 11.6 Å². The molecule has 3 aromatic carbocycles. The van der Waals surface area contributed by atoms with Gasteiger partial charge < -0.3 is 19.9 Å². The first-order valence-corrected chi connectivity index (χ1v) is 15.4. The molecule has 3 aromatic rings. The lowest BCUT2D eigenvalue weighted by Gasteiger charge is -2.39. The molecule has 0 spiro atoms. The predicted octanol–water partition coefficient (Wildman–Crippen LogP) is 4.96. The molecule has 0 bridgehead atoms. The van der Waals surface area contributed by atoms with E-state index >= 15 is 0 Å². The van der Waals surface area contributed by atoms with Crippen LogP contribution in [0, 0.1) is 5.82 Å². The number of rotatable bonds is 11. The van der Waals surface area contributed by atoms with Gasteiger partial charge in [-0.3, -0.25) is 4.79 Å². The molecule has 42 heavy (non-hydrogen) atoms. The van der Waals surface area contributed by atoms with Gasteiger partial charge in [0.2, 0.25) is 15.9 Å². The van der Waals surface area contributed by atoms with Crippen LogP contribution in [0.1, 0.15) is 31.7 Å². The van der Waals surface area contributed by atoms with E-state index in [0.29, 0.717) is 38.1 Å². The molecule has 1 N–H and O–H groups in total. The molecular formula is C31H37FN4O5S. The summed E-state index contributed by atoms with van der Waals surface area (Å²) in [6.07, 6.45) is 1.53.